The van der Waals surface area contributed by atoms with Gasteiger partial charge in [0.2, 0.25) is 15.9 Å². The summed E-state index contributed by atoms with van der Waals surface area (Å²) in [6.07, 6.45) is 1.10. The topological polar surface area (TPSA) is 75.7 Å². The van der Waals surface area contributed by atoms with Gasteiger partial charge in [0.25, 0.3) is 0 Å². The number of ether oxygens (including phenoxy) is 1. The zero-order chi connectivity index (χ0) is 19.1. The van der Waals surface area contributed by atoms with E-state index in [0.29, 0.717) is 31.8 Å². The van der Waals surface area contributed by atoms with Crippen molar-refractivity contribution in [3.8, 4) is 0 Å². The van der Waals surface area contributed by atoms with E-state index in [-0.39, 0.29) is 5.91 Å². The summed E-state index contributed by atoms with van der Waals surface area (Å²) in [6.45, 7) is 1.09. The molecule has 142 valence electrons. The molecule has 2 unspecified atom stereocenters. The molecule has 1 N–H and O–H groups in total. The van der Waals surface area contributed by atoms with Gasteiger partial charge in [0, 0.05) is 18.5 Å². The molecule has 0 saturated carbocycles. The molecule has 0 aromatic heterocycles. The summed E-state index contributed by atoms with van der Waals surface area (Å²) >= 11 is 0. The van der Waals surface area contributed by atoms with Crippen LogP contribution in [0.5, 0.6) is 0 Å². The summed E-state index contributed by atoms with van der Waals surface area (Å²) in [6, 6.07) is 17.2. The first-order valence-electron chi connectivity index (χ1n) is 8.90. The molecule has 2 heterocycles. The minimum atomic E-state index is -3.39. The van der Waals surface area contributed by atoms with Crippen molar-refractivity contribution in [3.63, 3.8) is 0 Å². The predicted molar refractivity (Wildman–Crippen MR) is 103 cm³/mol. The van der Waals surface area contributed by atoms with Gasteiger partial charge in [-0.2, -0.15) is 0 Å². The fraction of sp³-hybridized carbons (Fsp3) is 0.350. The first kappa shape index (κ1) is 18.0. The summed E-state index contributed by atoms with van der Waals surface area (Å²) in [5.74, 6) is -0.161. The Kier molecular flexibility index (Phi) is 4.44. The third kappa shape index (κ3) is 3.33. The van der Waals surface area contributed by atoms with Crippen LogP contribution in [0.2, 0.25) is 0 Å². The van der Waals surface area contributed by atoms with Gasteiger partial charge in [-0.05, 0) is 23.6 Å². The molecule has 0 bridgehead atoms. The van der Waals surface area contributed by atoms with Crippen LogP contribution in [0, 0.1) is 0 Å². The van der Waals surface area contributed by atoms with Gasteiger partial charge in [0.15, 0.2) is 0 Å². The molecule has 6 nitrogen and oxygen atoms in total. The van der Waals surface area contributed by atoms with Crippen LogP contribution in [0.15, 0.2) is 54.6 Å². The van der Waals surface area contributed by atoms with Gasteiger partial charge in [0.1, 0.15) is 6.10 Å². The first-order chi connectivity index (χ1) is 12.9. The largest absolute Gasteiger partial charge is 0.367 e. The molecule has 2 aliphatic rings. The predicted octanol–water partition coefficient (Wildman–Crippen LogP) is 1.81. The number of nitrogens with one attached hydrogen (secondary N) is 1. The van der Waals surface area contributed by atoms with Crippen molar-refractivity contribution in [2.75, 3.05) is 23.7 Å². The van der Waals surface area contributed by atoms with E-state index >= 15 is 0 Å². The van der Waals surface area contributed by atoms with Crippen LogP contribution < -0.4 is 9.62 Å². The Bertz CT molecular complexity index is 961. The van der Waals surface area contributed by atoms with E-state index < -0.39 is 21.5 Å². The molecule has 2 aliphatic heterocycles. The van der Waals surface area contributed by atoms with E-state index in [2.05, 4.69) is 5.32 Å². The summed E-state index contributed by atoms with van der Waals surface area (Å²) in [4.78, 5) is 12.6. The molecule has 0 aliphatic carbocycles. The quantitative estimate of drug-likeness (QED) is 0.870. The van der Waals surface area contributed by atoms with Gasteiger partial charge in [-0.3, -0.25) is 9.10 Å². The van der Waals surface area contributed by atoms with Crippen molar-refractivity contribution >= 4 is 21.6 Å². The Morgan fingerprint density at radius 3 is 2.63 bits per heavy atom. The zero-order valence-corrected chi connectivity index (χ0v) is 15.9. The van der Waals surface area contributed by atoms with E-state index in [4.69, 9.17) is 4.74 Å². The highest BCUT2D eigenvalue weighted by Gasteiger charge is 2.52. The molecule has 2 aromatic rings. The fourth-order valence-electron chi connectivity index (χ4n) is 3.98. The van der Waals surface area contributed by atoms with E-state index in [1.807, 2.05) is 54.6 Å². The summed E-state index contributed by atoms with van der Waals surface area (Å²) in [5, 5.41) is 2.92. The van der Waals surface area contributed by atoms with E-state index in [1.165, 1.54) is 10.6 Å². The maximum Gasteiger partial charge on any atom is 0.249 e. The lowest BCUT2D eigenvalue weighted by Gasteiger charge is -2.23. The number of carbonyl (C=O) groups excluding carboxylic acids is 1. The molecule has 7 heteroatoms. The molecule has 1 fully saturated rings. The highest BCUT2D eigenvalue weighted by molar-refractivity contribution is 7.92. The van der Waals surface area contributed by atoms with Crippen molar-refractivity contribution < 1.29 is 17.9 Å². The number of sulfonamides is 1. The lowest BCUT2D eigenvalue weighted by molar-refractivity contribution is -0.130. The molecule has 27 heavy (non-hydrogen) atoms. The van der Waals surface area contributed by atoms with Crippen LogP contribution in [0.3, 0.4) is 0 Å². The molecule has 4 rings (SSSR count). The smallest absolute Gasteiger partial charge is 0.249 e. The Morgan fingerprint density at radius 1 is 1.19 bits per heavy atom. The van der Waals surface area contributed by atoms with Crippen molar-refractivity contribution in [2.45, 2.75) is 24.5 Å². The third-order valence-corrected chi connectivity index (χ3v) is 6.46. The highest BCUT2D eigenvalue weighted by Crippen LogP contribution is 2.48. The Labute approximate surface area is 159 Å². The van der Waals surface area contributed by atoms with E-state index in [9.17, 15) is 13.2 Å². The fourth-order valence-corrected chi connectivity index (χ4v) is 4.98. The minimum absolute atomic E-state index is 0.161. The number of anilines is 1. The van der Waals surface area contributed by atoms with Gasteiger partial charge in [0.05, 0.1) is 18.6 Å². The number of amides is 1. The number of carbonyl (C=O) groups is 1. The zero-order valence-electron chi connectivity index (χ0n) is 15.1. The number of rotatable bonds is 4. The van der Waals surface area contributed by atoms with Gasteiger partial charge in [-0.15, -0.1) is 0 Å². The van der Waals surface area contributed by atoms with Crippen LogP contribution in [0.4, 0.5) is 5.69 Å². The van der Waals surface area contributed by atoms with Crippen LogP contribution in [-0.2, 0) is 31.5 Å². The SMILES string of the molecule is CS(=O)(=O)N1CC2(COC(C(=O)NCc3ccccc3)C2)c2ccccc21. The second-order valence-corrected chi connectivity index (χ2v) is 9.18. The van der Waals surface area contributed by atoms with Crippen molar-refractivity contribution in [2.24, 2.45) is 0 Å². The molecular weight excluding hydrogens is 364 g/mol. The Hall–Kier alpha value is -2.38. The average molecular weight is 386 g/mol. The standard InChI is InChI=1S/C20H22N2O4S/c1-27(24,25)22-13-20(16-9-5-6-10-17(16)22)11-18(26-14-20)19(23)21-12-15-7-3-2-4-8-15/h2-10,18H,11-14H2,1H3,(H,21,23). The number of para-hydroxylation sites is 1. The van der Waals surface area contributed by atoms with Crippen molar-refractivity contribution in [3.05, 3.63) is 65.7 Å². The number of nitrogens with zero attached hydrogens (tertiary/aromatic N) is 1. The third-order valence-electron chi connectivity index (χ3n) is 5.33. The highest BCUT2D eigenvalue weighted by atomic mass is 32.2. The van der Waals surface area contributed by atoms with Gasteiger partial charge in [-0.25, -0.2) is 8.42 Å². The summed E-state index contributed by atoms with van der Waals surface area (Å²) in [5.41, 5.74) is 2.17. The Morgan fingerprint density at radius 2 is 1.89 bits per heavy atom. The monoisotopic (exact) mass is 386 g/mol. The summed E-state index contributed by atoms with van der Waals surface area (Å²) in [7, 11) is -3.39. The number of hydrogen-bond donors (Lipinski definition) is 1. The molecule has 1 saturated heterocycles. The van der Waals surface area contributed by atoms with Gasteiger partial charge < -0.3 is 10.1 Å². The van der Waals surface area contributed by atoms with E-state index in [0.717, 1.165) is 11.1 Å². The molecule has 2 atom stereocenters. The maximum atomic E-state index is 12.6. The lowest BCUT2D eigenvalue weighted by atomic mass is 9.80. The van der Waals surface area contributed by atoms with Crippen LogP contribution in [0.1, 0.15) is 17.5 Å². The van der Waals surface area contributed by atoms with Crippen molar-refractivity contribution in [1.29, 1.82) is 0 Å². The Balaban J connectivity index is 1.51. The lowest BCUT2D eigenvalue weighted by Crippen LogP contribution is -2.38. The van der Waals surface area contributed by atoms with Crippen molar-refractivity contribution in [1.82, 2.24) is 5.32 Å². The molecular formula is C20H22N2O4S. The van der Waals surface area contributed by atoms with Crippen LogP contribution >= 0.6 is 0 Å². The second kappa shape index (κ2) is 6.65. The number of hydrogen-bond acceptors (Lipinski definition) is 4. The average Bonchev–Trinajstić information content (AvgIpc) is 3.24. The first-order valence-corrected chi connectivity index (χ1v) is 10.7. The number of benzene rings is 2. The molecule has 1 amide bonds. The summed E-state index contributed by atoms with van der Waals surface area (Å²) < 4.78 is 31.7. The van der Waals surface area contributed by atoms with E-state index in [1.54, 1.807) is 0 Å². The maximum absolute atomic E-state index is 12.6. The molecule has 1 spiro atoms. The second-order valence-electron chi connectivity index (χ2n) is 7.27. The van der Waals surface area contributed by atoms with Gasteiger partial charge >= 0.3 is 0 Å². The molecule has 2 aromatic carbocycles. The van der Waals surface area contributed by atoms with Gasteiger partial charge in [-0.1, -0.05) is 48.5 Å². The minimum Gasteiger partial charge on any atom is -0.367 e. The normalized spacial score (nSPS) is 24.2. The van der Waals surface area contributed by atoms with Crippen LogP contribution in [0.25, 0.3) is 0 Å². The number of fused-ring (bicyclic) bond motifs is 2. The molecule has 0 radical (unpaired) electrons. The van der Waals surface area contributed by atoms with Crippen LogP contribution in [-0.4, -0.2) is 39.8 Å².